The second-order valence-electron chi connectivity index (χ2n) is 4.54. The van der Waals surface area contributed by atoms with Crippen LogP contribution < -0.4 is 0 Å². The predicted molar refractivity (Wildman–Crippen MR) is 85.2 cm³/mol. The van der Waals surface area contributed by atoms with Gasteiger partial charge in [0.05, 0.1) is 0 Å². The Labute approximate surface area is 122 Å². The van der Waals surface area contributed by atoms with Gasteiger partial charge in [0.25, 0.3) is 6.21 Å². The van der Waals surface area contributed by atoms with E-state index in [1.54, 1.807) is 6.07 Å². The number of nitrogens with zero attached hydrogens (tertiary/aromatic N) is 2. The summed E-state index contributed by atoms with van der Waals surface area (Å²) in [6.07, 6.45) is 2.43. The molecule has 0 unspecified atom stereocenters. The Morgan fingerprint density at radius 1 is 0.857 bits per heavy atom. The van der Waals surface area contributed by atoms with Crippen molar-refractivity contribution in [2.24, 2.45) is 5.10 Å². The third-order valence-corrected chi connectivity index (χ3v) is 3.08. The number of benzene rings is 3. The molecule has 0 aliphatic rings. The van der Waals surface area contributed by atoms with Crippen LogP contribution in [-0.2, 0) is 0 Å². The van der Waals surface area contributed by atoms with Gasteiger partial charge < -0.3 is 5.43 Å². The summed E-state index contributed by atoms with van der Waals surface area (Å²) in [5, 5.41) is 5.84. The normalized spacial score (nSPS) is 10.5. The maximum Gasteiger partial charge on any atom is 0.422 e. The van der Waals surface area contributed by atoms with E-state index >= 15 is 0 Å². The minimum Gasteiger partial charge on any atom is -0.546 e. The number of carbonyl (C=O) groups is 1. The van der Waals surface area contributed by atoms with Crippen molar-refractivity contribution in [1.29, 1.82) is 0 Å². The van der Waals surface area contributed by atoms with Gasteiger partial charge in [0.15, 0.2) is 5.56 Å². The van der Waals surface area contributed by atoms with Crippen molar-refractivity contribution in [3.63, 3.8) is 0 Å². The molecule has 0 saturated carbocycles. The SMILES string of the molecule is O=C([C+]=N[N-]c1ccccc1)c1ccc2ccccc2c1. The van der Waals surface area contributed by atoms with Gasteiger partial charge in [0, 0.05) is 17.5 Å². The molecule has 0 bridgehead atoms. The number of Topliss-reactive ketones (excluding diaryl/α,β-unsaturated/α-hetero) is 1. The Hall–Kier alpha value is -3.03. The summed E-state index contributed by atoms with van der Waals surface area (Å²) in [6, 6.07) is 22.7. The van der Waals surface area contributed by atoms with E-state index in [0.29, 0.717) is 11.3 Å². The zero-order valence-corrected chi connectivity index (χ0v) is 11.2. The molecule has 0 radical (unpaired) electrons. The zero-order valence-electron chi connectivity index (χ0n) is 11.2. The summed E-state index contributed by atoms with van der Waals surface area (Å²) in [7, 11) is 0. The Bertz CT molecular complexity index is 794. The molecule has 3 heteroatoms. The van der Waals surface area contributed by atoms with Crippen LogP contribution in [0.3, 0.4) is 0 Å². The van der Waals surface area contributed by atoms with Crippen LogP contribution in [0.2, 0.25) is 0 Å². The number of carbonyl (C=O) groups excluding carboxylic acids is 1. The fraction of sp³-hybridized carbons (Fsp3) is 0. The van der Waals surface area contributed by atoms with E-state index in [1.807, 2.05) is 66.7 Å². The van der Waals surface area contributed by atoms with E-state index in [1.165, 1.54) is 0 Å². The van der Waals surface area contributed by atoms with Gasteiger partial charge >= 0.3 is 5.78 Å². The molecule has 0 amide bonds. The van der Waals surface area contributed by atoms with Gasteiger partial charge in [-0.2, -0.15) is 0 Å². The molecule has 21 heavy (non-hydrogen) atoms. The number of rotatable bonds is 4. The maximum absolute atomic E-state index is 12.0. The summed E-state index contributed by atoms with van der Waals surface area (Å²) in [6.45, 7) is 0. The Balaban J connectivity index is 1.74. The molecule has 0 N–H and O–H groups in total. The van der Waals surface area contributed by atoms with Crippen molar-refractivity contribution in [2.45, 2.75) is 0 Å². The molecule has 0 spiro atoms. The van der Waals surface area contributed by atoms with Crippen LogP contribution in [0, 0.1) is 0 Å². The van der Waals surface area contributed by atoms with Gasteiger partial charge in [0.1, 0.15) is 0 Å². The number of hydrogen-bond donors (Lipinski definition) is 0. The summed E-state index contributed by atoms with van der Waals surface area (Å²) < 4.78 is 0. The minimum absolute atomic E-state index is 0.277. The minimum atomic E-state index is -0.277. The third kappa shape index (κ3) is 3.11. The zero-order chi connectivity index (χ0) is 14.5. The summed E-state index contributed by atoms with van der Waals surface area (Å²) >= 11 is 0. The Kier molecular flexibility index (Phi) is 3.68. The summed E-state index contributed by atoms with van der Waals surface area (Å²) in [4.78, 5) is 12.0. The highest BCUT2D eigenvalue weighted by atomic mass is 16.1. The molecule has 0 aliphatic heterocycles. The average Bonchev–Trinajstić information content (AvgIpc) is 2.55. The molecule has 0 saturated heterocycles. The molecule has 0 heterocycles. The first-order valence-corrected chi connectivity index (χ1v) is 6.58. The molecule has 3 rings (SSSR count). The van der Waals surface area contributed by atoms with Gasteiger partial charge in [-0.25, -0.2) is 9.90 Å². The van der Waals surface area contributed by atoms with E-state index in [2.05, 4.69) is 16.7 Å². The molecule has 3 aromatic carbocycles. The molecular weight excluding hydrogens is 260 g/mol. The van der Waals surface area contributed by atoms with E-state index in [0.717, 1.165) is 10.8 Å². The number of hydrogen-bond acceptors (Lipinski definition) is 2. The van der Waals surface area contributed by atoms with Crippen molar-refractivity contribution in [2.75, 3.05) is 0 Å². The number of ketones is 1. The van der Waals surface area contributed by atoms with Gasteiger partial charge in [-0.05, 0) is 11.5 Å². The molecular formula is C18H12N2O. The van der Waals surface area contributed by atoms with Crippen molar-refractivity contribution >= 4 is 28.5 Å². The third-order valence-electron chi connectivity index (χ3n) is 3.08. The fourth-order valence-corrected chi connectivity index (χ4v) is 2.02. The quantitative estimate of drug-likeness (QED) is 0.296. The molecule has 3 aromatic rings. The molecule has 3 nitrogen and oxygen atoms in total. The van der Waals surface area contributed by atoms with Crippen LogP contribution in [0.4, 0.5) is 5.69 Å². The second kappa shape index (κ2) is 5.95. The lowest BCUT2D eigenvalue weighted by Gasteiger charge is -2.09. The van der Waals surface area contributed by atoms with Gasteiger partial charge in [0.2, 0.25) is 0 Å². The van der Waals surface area contributed by atoms with Gasteiger partial charge in [-0.3, -0.25) is 0 Å². The first kappa shape index (κ1) is 13.0. The van der Waals surface area contributed by atoms with E-state index in [-0.39, 0.29) is 5.78 Å². The highest BCUT2D eigenvalue weighted by Crippen LogP contribution is 2.17. The lowest BCUT2D eigenvalue weighted by molar-refractivity contribution is 0.107. The summed E-state index contributed by atoms with van der Waals surface area (Å²) in [5.74, 6) is -0.277. The van der Waals surface area contributed by atoms with Crippen molar-refractivity contribution < 1.29 is 4.79 Å². The smallest absolute Gasteiger partial charge is 0.422 e. The molecule has 0 atom stereocenters. The largest absolute Gasteiger partial charge is 0.546 e. The fourth-order valence-electron chi connectivity index (χ4n) is 2.02. The van der Waals surface area contributed by atoms with Crippen LogP contribution >= 0.6 is 0 Å². The Morgan fingerprint density at radius 2 is 1.57 bits per heavy atom. The monoisotopic (exact) mass is 272 g/mol. The van der Waals surface area contributed by atoms with Crippen molar-refractivity contribution in [3.8, 4) is 0 Å². The first-order chi connectivity index (χ1) is 10.3. The molecule has 0 fully saturated rings. The van der Waals surface area contributed by atoms with Crippen LogP contribution in [0.25, 0.3) is 16.2 Å². The maximum atomic E-state index is 12.0. The van der Waals surface area contributed by atoms with Crippen LogP contribution in [0.15, 0.2) is 77.9 Å². The van der Waals surface area contributed by atoms with Crippen LogP contribution in [-0.4, -0.2) is 12.0 Å². The second-order valence-corrected chi connectivity index (χ2v) is 4.54. The van der Waals surface area contributed by atoms with Crippen molar-refractivity contribution in [1.82, 2.24) is 0 Å². The van der Waals surface area contributed by atoms with Crippen LogP contribution in [0.1, 0.15) is 10.4 Å². The topological polar surface area (TPSA) is 43.5 Å². The number of fused-ring (bicyclic) bond motifs is 1. The lowest BCUT2D eigenvalue weighted by Crippen LogP contribution is -1.99. The van der Waals surface area contributed by atoms with Gasteiger partial charge in [-0.1, -0.05) is 54.6 Å². The van der Waals surface area contributed by atoms with Crippen LogP contribution in [0.5, 0.6) is 0 Å². The van der Waals surface area contributed by atoms with E-state index in [4.69, 9.17) is 0 Å². The highest BCUT2D eigenvalue weighted by Gasteiger charge is 2.15. The van der Waals surface area contributed by atoms with E-state index < -0.39 is 0 Å². The Morgan fingerprint density at radius 3 is 2.38 bits per heavy atom. The van der Waals surface area contributed by atoms with Crippen molar-refractivity contribution in [3.05, 3.63) is 83.8 Å². The summed E-state index contributed by atoms with van der Waals surface area (Å²) in [5.41, 5.74) is 5.17. The average molecular weight is 272 g/mol. The highest BCUT2D eigenvalue weighted by molar-refractivity contribution is 6.35. The lowest BCUT2D eigenvalue weighted by atomic mass is 10.1. The molecule has 0 aromatic heterocycles. The first-order valence-electron chi connectivity index (χ1n) is 6.58. The standard InChI is InChI=1S/C18H12N2O/c21-18(13-19-20-17-8-2-1-3-9-17)16-11-10-14-6-4-5-7-15(14)12-16/h1-12H. The molecule has 100 valence electrons. The van der Waals surface area contributed by atoms with E-state index in [9.17, 15) is 4.79 Å². The molecule has 0 aliphatic carbocycles. The van der Waals surface area contributed by atoms with Gasteiger partial charge in [-0.15, -0.1) is 5.69 Å². The predicted octanol–water partition coefficient (Wildman–Crippen LogP) is 4.59.